The summed E-state index contributed by atoms with van der Waals surface area (Å²) in [5, 5.41) is 0. The Hall–Kier alpha value is 0.449. The molecule has 0 amide bonds. The van der Waals surface area contributed by atoms with Crippen molar-refractivity contribution in [3.63, 3.8) is 0 Å². The molecule has 0 aromatic heterocycles. The number of halogens is 1. The van der Waals surface area contributed by atoms with Gasteiger partial charge in [0.05, 0.1) is 0 Å². The molecule has 0 heterocycles. The van der Waals surface area contributed by atoms with E-state index >= 15 is 0 Å². The number of hydrogen-bond acceptors (Lipinski definition) is 1. The van der Waals surface area contributed by atoms with Crippen LogP contribution in [0.4, 0.5) is 4.70 Å². The molecule has 0 saturated carbocycles. The molecule has 0 aromatic rings. The Bertz CT molecular complexity index is 29.9. The predicted molar refractivity (Wildman–Crippen MR) is 13.4 cm³/mol. The van der Waals surface area contributed by atoms with E-state index in [9.17, 15) is 0 Å². The van der Waals surface area contributed by atoms with Crippen LogP contribution >= 0.6 is 0 Å². The first-order valence-corrected chi connectivity index (χ1v) is 4.37. The molecule has 5 heteroatoms. The fourth-order valence-corrected chi connectivity index (χ4v) is 0. The second kappa shape index (κ2) is 4.45. The SMILES string of the molecule is F.[O]=[Sn]([OH])[OH]. The summed E-state index contributed by atoms with van der Waals surface area (Å²) in [6, 6.07) is 0. The Labute approximate surface area is 35.8 Å². The van der Waals surface area contributed by atoms with E-state index in [-0.39, 0.29) is 4.70 Å². The average Bonchev–Trinajstić information content (AvgIpc) is 0.811. The first kappa shape index (κ1) is 9.07. The quantitative estimate of drug-likeness (QED) is 0.457. The van der Waals surface area contributed by atoms with E-state index in [1.165, 1.54) is 0 Å². The standard InChI is InChI=1S/FH.2H2O.O.Sn/h1H;2*1H2;;/q;;;;+2/p-2. The van der Waals surface area contributed by atoms with E-state index in [1.54, 1.807) is 0 Å². The van der Waals surface area contributed by atoms with Crippen molar-refractivity contribution in [2.75, 3.05) is 0 Å². The van der Waals surface area contributed by atoms with Crippen LogP contribution in [0.1, 0.15) is 0 Å². The van der Waals surface area contributed by atoms with Crippen molar-refractivity contribution in [2.45, 2.75) is 0 Å². The van der Waals surface area contributed by atoms with Gasteiger partial charge in [-0.2, -0.15) is 0 Å². The van der Waals surface area contributed by atoms with E-state index in [0.717, 1.165) is 0 Å². The number of rotatable bonds is 0. The zero-order valence-electron chi connectivity index (χ0n) is 2.21. The molecule has 0 aliphatic heterocycles. The third kappa shape index (κ3) is 132. The van der Waals surface area contributed by atoms with Gasteiger partial charge in [-0.05, 0) is 0 Å². The van der Waals surface area contributed by atoms with Crippen LogP contribution in [0.15, 0.2) is 0 Å². The summed E-state index contributed by atoms with van der Waals surface area (Å²) in [5.41, 5.74) is 0. The van der Waals surface area contributed by atoms with Crippen LogP contribution in [0.2, 0.25) is 0 Å². The van der Waals surface area contributed by atoms with Crippen molar-refractivity contribution in [1.29, 1.82) is 0 Å². The Kier molecular flexibility index (Phi) is 8.07. The van der Waals surface area contributed by atoms with E-state index < -0.39 is 20.6 Å². The maximum absolute atomic E-state index is 8.84. The van der Waals surface area contributed by atoms with Gasteiger partial charge in [-0.25, -0.2) is 0 Å². The molecule has 0 atom stereocenters. The average molecular weight is 189 g/mol. The summed E-state index contributed by atoms with van der Waals surface area (Å²) in [7, 11) is 0. The summed E-state index contributed by atoms with van der Waals surface area (Å²) < 4.78 is 23.3. The summed E-state index contributed by atoms with van der Waals surface area (Å²) in [5.74, 6) is 0. The van der Waals surface area contributed by atoms with Crippen molar-refractivity contribution in [2.24, 2.45) is 0 Å². The van der Waals surface area contributed by atoms with Gasteiger partial charge < -0.3 is 0 Å². The van der Waals surface area contributed by atoms with Crippen LogP contribution in [0.25, 0.3) is 0 Å². The van der Waals surface area contributed by atoms with Crippen molar-refractivity contribution < 1.29 is 14.7 Å². The van der Waals surface area contributed by atoms with Crippen LogP contribution in [0.5, 0.6) is 0 Å². The van der Waals surface area contributed by atoms with Gasteiger partial charge in [0.1, 0.15) is 0 Å². The fourth-order valence-electron chi connectivity index (χ4n) is 0. The molecule has 5 heavy (non-hydrogen) atoms. The fraction of sp³-hybridized carbons (Fsp3) is 0. The maximum atomic E-state index is 8.84. The molecular formula is H3FO3Sn. The monoisotopic (exact) mass is 190 g/mol. The van der Waals surface area contributed by atoms with Gasteiger partial charge in [0.15, 0.2) is 0 Å². The van der Waals surface area contributed by atoms with Gasteiger partial charge in [0, 0.05) is 0 Å². The molecule has 0 rings (SSSR count). The van der Waals surface area contributed by atoms with E-state index in [2.05, 4.69) is 0 Å². The van der Waals surface area contributed by atoms with Crippen LogP contribution in [-0.4, -0.2) is 27.5 Å². The summed E-state index contributed by atoms with van der Waals surface area (Å²) >= 11 is -3.79. The Morgan fingerprint density at radius 1 is 1.40 bits per heavy atom. The molecule has 3 nitrogen and oxygen atoms in total. The second-order valence-corrected chi connectivity index (χ2v) is 1.90. The topological polar surface area (TPSA) is 57.5 Å². The van der Waals surface area contributed by atoms with Gasteiger partial charge >= 0.3 is 30.5 Å². The molecular weight excluding hydrogens is 186 g/mol. The Balaban J connectivity index is 0. The van der Waals surface area contributed by atoms with Crippen molar-refractivity contribution in [1.82, 2.24) is 0 Å². The normalized spacial score (nSPS) is 5.20. The molecule has 32 valence electrons. The second-order valence-electron chi connectivity index (χ2n) is 0.283. The molecule has 2 N–H and O–H groups in total. The van der Waals surface area contributed by atoms with E-state index in [0.29, 0.717) is 0 Å². The molecule has 0 aliphatic carbocycles. The molecule has 0 fully saturated rings. The van der Waals surface area contributed by atoms with Crippen LogP contribution in [0, 0.1) is 0 Å². The van der Waals surface area contributed by atoms with Crippen LogP contribution in [-0.2, 0) is 3.08 Å². The molecule has 0 saturated heterocycles. The molecule has 0 aromatic carbocycles. The van der Waals surface area contributed by atoms with Gasteiger partial charge in [0.2, 0.25) is 0 Å². The Morgan fingerprint density at radius 3 is 1.40 bits per heavy atom. The van der Waals surface area contributed by atoms with E-state index in [1.807, 2.05) is 0 Å². The van der Waals surface area contributed by atoms with Crippen LogP contribution < -0.4 is 0 Å². The van der Waals surface area contributed by atoms with Crippen molar-refractivity contribution in [3.8, 4) is 0 Å². The minimum atomic E-state index is -3.79. The molecule has 0 spiro atoms. The van der Waals surface area contributed by atoms with Gasteiger partial charge in [-0.15, -0.1) is 0 Å². The van der Waals surface area contributed by atoms with Crippen molar-refractivity contribution >= 4 is 20.6 Å². The van der Waals surface area contributed by atoms with E-state index in [4.69, 9.17) is 9.96 Å². The molecule has 0 aliphatic rings. The third-order valence-electron chi connectivity index (χ3n) is 0. The Morgan fingerprint density at radius 2 is 1.40 bits per heavy atom. The first-order chi connectivity index (χ1) is 1.73. The van der Waals surface area contributed by atoms with Gasteiger partial charge in [-0.3, -0.25) is 4.70 Å². The minimum absolute atomic E-state index is 0. The zero-order chi connectivity index (χ0) is 3.58. The predicted octanol–water partition coefficient (Wildman–Crippen LogP) is -1.46. The molecule has 0 bridgehead atoms. The van der Waals surface area contributed by atoms with Crippen LogP contribution in [0.3, 0.4) is 0 Å². The summed E-state index contributed by atoms with van der Waals surface area (Å²) in [4.78, 5) is 0. The summed E-state index contributed by atoms with van der Waals surface area (Å²) in [6.07, 6.45) is 0. The molecule has 0 radical (unpaired) electrons. The summed E-state index contributed by atoms with van der Waals surface area (Å²) in [6.45, 7) is 0. The zero-order valence-corrected chi connectivity index (χ0v) is 5.07. The van der Waals surface area contributed by atoms with Gasteiger partial charge in [-0.1, -0.05) is 0 Å². The number of hydrogen-bond donors (Lipinski definition) is 2. The molecule has 0 unspecified atom stereocenters. The van der Waals surface area contributed by atoms with Crippen molar-refractivity contribution in [3.05, 3.63) is 0 Å². The van der Waals surface area contributed by atoms with Gasteiger partial charge in [0.25, 0.3) is 0 Å². The third-order valence-corrected chi connectivity index (χ3v) is 0. The first-order valence-electron chi connectivity index (χ1n) is 0.651.